The Morgan fingerprint density at radius 2 is 1.85 bits per heavy atom. The molecule has 1 aromatic rings. The lowest BCUT2D eigenvalue weighted by molar-refractivity contribution is -0.384. The number of ether oxygens (including phenoxy) is 1. The normalized spacial score (nSPS) is 14.4. The van der Waals surface area contributed by atoms with Crippen LogP contribution in [0.25, 0.3) is 0 Å². The minimum Gasteiger partial charge on any atom is -0.378 e. The van der Waals surface area contributed by atoms with Crippen LogP contribution in [-0.4, -0.2) is 73.0 Å². The van der Waals surface area contributed by atoms with E-state index in [1.54, 1.807) is 29.8 Å². The summed E-state index contributed by atoms with van der Waals surface area (Å²) >= 11 is 0. The Labute approximate surface area is 152 Å². The topological polar surface area (TPSA) is 105 Å². The molecule has 26 heavy (non-hydrogen) atoms. The molecule has 0 bridgehead atoms. The smallest absolute Gasteiger partial charge is 0.293 e. The summed E-state index contributed by atoms with van der Waals surface area (Å²) < 4.78 is 5.21. The number of nitrogens with one attached hydrogen (secondary N) is 1. The maximum atomic E-state index is 12.2. The average molecular weight is 364 g/mol. The summed E-state index contributed by atoms with van der Waals surface area (Å²) in [6, 6.07) is 3.03. The number of morpholine rings is 1. The molecule has 9 heteroatoms. The molecular formula is C17H24N4O5. The van der Waals surface area contributed by atoms with Crippen molar-refractivity contribution in [2.75, 3.05) is 51.8 Å². The van der Waals surface area contributed by atoms with Crippen LogP contribution in [0, 0.1) is 24.0 Å². The van der Waals surface area contributed by atoms with E-state index in [2.05, 4.69) is 5.32 Å². The van der Waals surface area contributed by atoms with Gasteiger partial charge in [0.2, 0.25) is 11.8 Å². The van der Waals surface area contributed by atoms with Crippen LogP contribution in [0.3, 0.4) is 0 Å². The van der Waals surface area contributed by atoms with Crippen LogP contribution in [0.1, 0.15) is 11.1 Å². The van der Waals surface area contributed by atoms with Gasteiger partial charge in [0.15, 0.2) is 0 Å². The largest absolute Gasteiger partial charge is 0.378 e. The molecule has 2 rings (SSSR count). The molecule has 0 unspecified atom stereocenters. The van der Waals surface area contributed by atoms with Gasteiger partial charge in [-0.1, -0.05) is 0 Å². The molecule has 1 aliphatic heterocycles. The molecule has 1 saturated heterocycles. The maximum Gasteiger partial charge on any atom is 0.293 e. The number of nitro benzene ring substituents is 1. The van der Waals surface area contributed by atoms with Crippen molar-refractivity contribution in [1.82, 2.24) is 9.80 Å². The molecular weight excluding hydrogens is 340 g/mol. The number of hydrogen-bond donors (Lipinski definition) is 1. The SMILES string of the molecule is Cc1cc(NC(=O)CN(C)CC(=O)N2CCOCC2)c([N+](=O)[O-])cc1C. The first-order chi connectivity index (χ1) is 12.3. The van der Waals surface area contributed by atoms with Gasteiger partial charge in [0.05, 0.1) is 31.2 Å². The number of likely N-dealkylation sites (N-methyl/N-ethyl adjacent to an activating group) is 1. The fraction of sp³-hybridized carbons (Fsp3) is 0.529. The Bertz CT molecular complexity index is 701. The predicted molar refractivity (Wildman–Crippen MR) is 96.1 cm³/mol. The van der Waals surface area contributed by atoms with Gasteiger partial charge in [0, 0.05) is 19.2 Å². The van der Waals surface area contributed by atoms with Crippen molar-refractivity contribution >= 4 is 23.2 Å². The lowest BCUT2D eigenvalue weighted by atomic mass is 10.1. The van der Waals surface area contributed by atoms with E-state index in [0.29, 0.717) is 26.3 Å². The molecule has 1 fully saturated rings. The van der Waals surface area contributed by atoms with Gasteiger partial charge in [-0.25, -0.2) is 0 Å². The molecule has 0 saturated carbocycles. The predicted octanol–water partition coefficient (Wildman–Crippen LogP) is 0.941. The van der Waals surface area contributed by atoms with Crippen molar-refractivity contribution in [3.05, 3.63) is 33.4 Å². The van der Waals surface area contributed by atoms with Crippen LogP contribution in [0.5, 0.6) is 0 Å². The van der Waals surface area contributed by atoms with Gasteiger partial charge >= 0.3 is 0 Å². The summed E-state index contributed by atoms with van der Waals surface area (Å²) in [6.45, 7) is 5.80. The summed E-state index contributed by atoms with van der Waals surface area (Å²) in [6.07, 6.45) is 0. The summed E-state index contributed by atoms with van der Waals surface area (Å²) in [5.41, 5.74) is 1.65. The molecule has 1 aliphatic rings. The Hall–Kier alpha value is -2.52. The van der Waals surface area contributed by atoms with Crippen molar-refractivity contribution < 1.29 is 19.2 Å². The molecule has 9 nitrogen and oxygen atoms in total. The molecule has 0 atom stereocenters. The van der Waals surface area contributed by atoms with E-state index in [1.165, 1.54) is 6.07 Å². The standard InChI is InChI=1S/C17H24N4O5/c1-12-8-14(15(21(24)25)9-13(12)2)18-16(22)10-19(3)11-17(23)20-4-6-26-7-5-20/h8-9H,4-7,10-11H2,1-3H3,(H,18,22). The highest BCUT2D eigenvalue weighted by Crippen LogP contribution is 2.27. The number of amides is 2. The van der Waals surface area contributed by atoms with Crippen LogP contribution in [0.2, 0.25) is 0 Å². The van der Waals surface area contributed by atoms with Crippen LogP contribution in [0.4, 0.5) is 11.4 Å². The highest BCUT2D eigenvalue weighted by atomic mass is 16.6. The first-order valence-corrected chi connectivity index (χ1v) is 8.37. The van der Waals surface area contributed by atoms with Crippen molar-refractivity contribution in [2.45, 2.75) is 13.8 Å². The molecule has 1 aromatic carbocycles. The summed E-state index contributed by atoms with van der Waals surface area (Å²) in [7, 11) is 1.66. The lowest BCUT2D eigenvalue weighted by Crippen LogP contribution is -2.46. The number of nitro groups is 1. The van der Waals surface area contributed by atoms with Crippen molar-refractivity contribution in [2.24, 2.45) is 0 Å². The number of anilines is 1. The van der Waals surface area contributed by atoms with Crippen LogP contribution >= 0.6 is 0 Å². The van der Waals surface area contributed by atoms with Gasteiger partial charge < -0.3 is 15.0 Å². The Morgan fingerprint density at radius 1 is 1.23 bits per heavy atom. The van der Waals surface area contributed by atoms with Gasteiger partial charge in [0.25, 0.3) is 5.69 Å². The van der Waals surface area contributed by atoms with E-state index in [0.717, 1.165) is 11.1 Å². The first kappa shape index (κ1) is 19.8. The third kappa shape index (κ3) is 5.24. The van der Waals surface area contributed by atoms with Crippen molar-refractivity contribution in [3.63, 3.8) is 0 Å². The summed E-state index contributed by atoms with van der Waals surface area (Å²) in [5.74, 6) is -0.477. The maximum absolute atomic E-state index is 12.2. The summed E-state index contributed by atoms with van der Waals surface area (Å²) in [4.78, 5) is 38.4. The third-order valence-electron chi connectivity index (χ3n) is 4.27. The molecule has 0 aliphatic carbocycles. The highest BCUT2D eigenvalue weighted by Gasteiger charge is 2.21. The first-order valence-electron chi connectivity index (χ1n) is 8.37. The molecule has 1 heterocycles. The van der Waals surface area contributed by atoms with Gasteiger partial charge in [-0.2, -0.15) is 0 Å². The van der Waals surface area contributed by atoms with E-state index in [9.17, 15) is 19.7 Å². The fourth-order valence-electron chi connectivity index (χ4n) is 2.69. The quantitative estimate of drug-likeness (QED) is 0.595. The average Bonchev–Trinajstić information content (AvgIpc) is 2.58. The molecule has 0 aromatic heterocycles. The molecule has 142 valence electrons. The van der Waals surface area contributed by atoms with Crippen LogP contribution < -0.4 is 5.32 Å². The van der Waals surface area contributed by atoms with E-state index in [-0.39, 0.29) is 30.4 Å². The lowest BCUT2D eigenvalue weighted by Gasteiger charge is -2.28. The molecule has 0 radical (unpaired) electrons. The number of aryl methyl sites for hydroxylation is 2. The zero-order valence-corrected chi connectivity index (χ0v) is 15.3. The van der Waals surface area contributed by atoms with Crippen molar-refractivity contribution in [3.8, 4) is 0 Å². The number of carbonyl (C=O) groups excluding carboxylic acids is 2. The zero-order chi connectivity index (χ0) is 19.3. The minimum absolute atomic E-state index is 0.0415. The van der Waals surface area contributed by atoms with E-state index >= 15 is 0 Å². The fourth-order valence-corrected chi connectivity index (χ4v) is 2.69. The Morgan fingerprint density at radius 3 is 2.46 bits per heavy atom. The number of nitrogens with zero attached hydrogens (tertiary/aromatic N) is 3. The van der Waals surface area contributed by atoms with Gasteiger partial charge in [0.1, 0.15) is 5.69 Å². The Kier molecular flexibility index (Phi) is 6.64. The van der Waals surface area contributed by atoms with Gasteiger partial charge in [-0.3, -0.25) is 24.6 Å². The second kappa shape index (κ2) is 8.72. The summed E-state index contributed by atoms with van der Waals surface area (Å²) in [5, 5.41) is 13.8. The minimum atomic E-state index is -0.520. The number of hydrogen-bond acceptors (Lipinski definition) is 6. The molecule has 2 amide bonds. The van der Waals surface area contributed by atoms with E-state index in [4.69, 9.17) is 4.74 Å². The third-order valence-corrected chi connectivity index (χ3v) is 4.27. The molecule has 1 N–H and O–H groups in total. The zero-order valence-electron chi connectivity index (χ0n) is 15.3. The highest BCUT2D eigenvalue weighted by molar-refractivity contribution is 5.95. The second-order valence-electron chi connectivity index (χ2n) is 6.42. The second-order valence-corrected chi connectivity index (χ2v) is 6.42. The number of benzene rings is 1. The van der Waals surface area contributed by atoms with E-state index < -0.39 is 10.8 Å². The van der Waals surface area contributed by atoms with Gasteiger partial charge in [-0.15, -0.1) is 0 Å². The van der Waals surface area contributed by atoms with Crippen LogP contribution in [-0.2, 0) is 14.3 Å². The molecule has 0 spiro atoms. The number of rotatable bonds is 6. The van der Waals surface area contributed by atoms with Gasteiger partial charge in [-0.05, 0) is 38.1 Å². The monoisotopic (exact) mass is 364 g/mol. The van der Waals surface area contributed by atoms with Crippen molar-refractivity contribution in [1.29, 1.82) is 0 Å². The Balaban J connectivity index is 1.94. The van der Waals surface area contributed by atoms with Crippen LogP contribution in [0.15, 0.2) is 12.1 Å². The number of carbonyl (C=O) groups is 2. The van der Waals surface area contributed by atoms with E-state index in [1.807, 2.05) is 6.92 Å².